The van der Waals surface area contributed by atoms with Gasteiger partial charge in [-0.15, -0.1) is 0 Å². The average Bonchev–Trinajstić information content (AvgIpc) is 2.99. The molecule has 0 aliphatic carbocycles. The van der Waals surface area contributed by atoms with E-state index >= 15 is 0 Å². The molecule has 0 aromatic heterocycles. The largest absolute Gasteiger partial charge is 0.389 e. The van der Waals surface area contributed by atoms with Gasteiger partial charge in [0, 0.05) is 0 Å². The molecular formula is C24H25N3O5S. The summed E-state index contributed by atoms with van der Waals surface area (Å²) in [5.41, 5.74) is -0.713. The smallest absolute Gasteiger partial charge is 0.325 e. The fraction of sp³-hybridized carbons (Fsp3) is 0.250. The number of fused-ring (bicyclic) bond motifs is 1. The maximum atomic E-state index is 13.6. The molecule has 0 saturated carbocycles. The topological polar surface area (TPSA) is 107 Å². The highest BCUT2D eigenvalue weighted by Gasteiger charge is 2.45. The van der Waals surface area contributed by atoms with E-state index in [0.717, 1.165) is 20.0 Å². The van der Waals surface area contributed by atoms with Crippen molar-refractivity contribution < 1.29 is 23.1 Å². The van der Waals surface area contributed by atoms with E-state index in [1.165, 1.54) is 6.07 Å². The minimum absolute atomic E-state index is 0.0772. The third-order valence-electron chi connectivity index (χ3n) is 5.57. The second-order valence-electron chi connectivity index (χ2n) is 8.51. The maximum absolute atomic E-state index is 13.6. The fourth-order valence-corrected chi connectivity index (χ4v) is 5.37. The number of β-amino-alcohol motifs (C(OH)–C–C–N with tert-alkyl or cyclic N) is 1. The number of nitrogens with zero attached hydrogens (tertiary/aromatic N) is 2. The van der Waals surface area contributed by atoms with Crippen LogP contribution < -0.4 is 9.62 Å². The van der Waals surface area contributed by atoms with Gasteiger partial charge in [-0.2, -0.15) is 0 Å². The molecule has 0 spiro atoms. The minimum atomic E-state index is -4.05. The summed E-state index contributed by atoms with van der Waals surface area (Å²) in [6.07, 6.45) is -1.30. The molecule has 4 rings (SSSR count). The minimum Gasteiger partial charge on any atom is -0.389 e. The van der Waals surface area contributed by atoms with E-state index < -0.39 is 33.6 Å². The number of carbonyl (C=O) groups is 2. The van der Waals surface area contributed by atoms with Crippen LogP contribution in [0.15, 0.2) is 77.7 Å². The fourth-order valence-electron chi connectivity index (χ4n) is 3.84. The normalized spacial score (nSPS) is 16.6. The van der Waals surface area contributed by atoms with Crippen molar-refractivity contribution in [2.45, 2.75) is 30.4 Å². The van der Waals surface area contributed by atoms with Crippen molar-refractivity contribution in [2.75, 3.05) is 17.4 Å². The Morgan fingerprint density at radius 1 is 0.970 bits per heavy atom. The molecule has 8 nitrogen and oxygen atoms in total. The van der Waals surface area contributed by atoms with Crippen molar-refractivity contribution in [1.82, 2.24) is 10.2 Å². The number of benzene rings is 3. The lowest BCUT2D eigenvalue weighted by Gasteiger charge is -2.28. The number of amides is 3. The molecule has 1 heterocycles. The SMILES string of the molecule is CC1(C)NC(=O)N(C[C@H](O)CN(c2ccccc2)S(=O)(=O)c2ccc3ccccc3c2)C1=O. The summed E-state index contributed by atoms with van der Waals surface area (Å²) in [6, 6.07) is 20.1. The maximum Gasteiger partial charge on any atom is 0.325 e. The number of anilines is 1. The van der Waals surface area contributed by atoms with Crippen LogP contribution in [0.5, 0.6) is 0 Å². The quantitative estimate of drug-likeness (QED) is 0.520. The molecule has 3 amide bonds. The van der Waals surface area contributed by atoms with E-state index in [9.17, 15) is 23.1 Å². The summed E-state index contributed by atoms with van der Waals surface area (Å²) in [5, 5.41) is 15.0. The molecule has 172 valence electrons. The molecule has 3 aromatic rings. The van der Waals surface area contributed by atoms with Crippen LogP contribution in [0.4, 0.5) is 10.5 Å². The molecule has 1 saturated heterocycles. The van der Waals surface area contributed by atoms with Gasteiger partial charge in [-0.1, -0.05) is 48.5 Å². The number of aliphatic hydroxyl groups is 1. The first-order valence-electron chi connectivity index (χ1n) is 10.5. The van der Waals surface area contributed by atoms with Gasteiger partial charge in [0.25, 0.3) is 15.9 Å². The highest BCUT2D eigenvalue weighted by Crippen LogP contribution is 2.27. The predicted molar refractivity (Wildman–Crippen MR) is 125 cm³/mol. The molecule has 1 atom stereocenters. The van der Waals surface area contributed by atoms with Crippen molar-refractivity contribution in [3.63, 3.8) is 0 Å². The molecule has 1 aliphatic heterocycles. The average molecular weight is 468 g/mol. The highest BCUT2D eigenvalue weighted by atomic mass is 32.2. The van der Waals surface area contributed by atoms with Crippen molar-refractivity contribution in [3.8, 4) is 0 Å². The summed E-state index contributed by atoms with van der Waals surface area (Å²) in [4.78, 5) is 25.6. The van der Waals surface area contributed by atoms with Gasteiger partial charge in [0.05, 0.1) is 29.8 Å². The second-order valence-corrected chi connectivity index (χ2v) is 10.4. The number of urea groups is 1. The summed E-state index contributed by atoms with van der Waals surface area (Å²) in [5.74, 6) is -0.477. The Kier molecular flexibility index (Phi) is 5.85. The number of para-hydroxylation sites is 1. The van der Waals surface area contributed by atoms with E-state index in [-0.39, 0.29) is 18.0 Å². The molecule has 9 heteroatoms. The van der Waals surface area contributed by atoms with Crippen molar-refractivity contribution in [1.29, 1.82) is 0 Å². The third-order valence-corrected chi connectivity index (χ3v) is 7.36. The van der Waals surface area contributed by atoms with Crippen LogP contribution in [0.1, 0.15) is 13.8 Å². The van der Waals surface area contributed by atoms with Crippen LogP contribution in [0.3, 0.4) is 0 Å². The van der Waals surface area contributed by atoms with Gasteiger partial charge in [0.2, 0.25) is 0 Å². The Bertz CT molecular complexity index is 1310. The standard InChI is InChI=1S/C24H25N3O5S/c1-24(2)22(29)26(23(30)25-24)15-20(28)16-27(19-10-4-3-5-11-19)33(31,32)21-13-12-17-8-6-7-9-18(17)14-21/h3-14,20,28H,15-16H2,1-2H3,(H,25,30)/t20-/m0/s1. The lowest BCUT2D eigenvalue weighted by Crippen LogP contribution is -2.45. The lowest BCUT2D eigenvalue weighted by molar-refractivity contribution is -0.131. The number of carbonyl (C=O) groups excluding carboxylic acids is 2. The predicted octanol–water partition coefficient (Wildman–Crippen LogP) is 2.73. The molecule has 0 unspecified atom stereocenters. The third kappa shape index (κ3) is 4.42. The number of hydrogen-bond acceptors (Lipinski definition) is 5. The van der Waals surface area contributed by atoms with Crippen LogP contribution in [-0.2, 0) is 14.8 Å². The molecule has 3 aromatic carbocycles. The van der Waals surface area contributed by atoms with Crippen molar-refractivity contribution in [3.05, 3.63) is 72.8 Å². The summed E-state index contributed by atoms with van der Waals surface area (Å²) in [7, 11) is -4.05. The van der Waals surface area contributed by atoms with Gasteiger partial charge in [-0.25, -0.2) is 13.2 Å². The van der Waals surface area contributed by atoms with Gasteiger partial charge < -0.3 is 10.4 Å². The lowest BCUT2D eigenvalue weighted by atomic mass is 10.1. The number of sulfonamides is 1. The number of rotatable bonds is 7. The molecule has 33 heavy (non-hydrogen) atoms. The Hall–Kier alpha value is -3.43. The van der Waals surface area contributed by atoms with Crippen LogP contribution in [0.25, 0.3) is 10.8 Å². The van der Waals surface area contributed by atoms with E-state index in [0.29, 0.717) is 5.69 Å². The van der Waals surface area contributed by atoms with Crippen molar-refractivity contribution in [2.24, 2.45) is 0 Å². The monoisotopic (exact) mass is 467 g/mol. The number of aliphatic hydroxyl groups excluding tert-OH is 1. The number of hydrogen-bond donors (Lipinski definition) is 2. The first-order valence-corrected chi connectivity index (χ1v) is 11.9. The van der Waals surface area contributed by atoms with E-state index in [1.54, 1.807) is 56.3 Å². The summed E-state index contributed by atoms with van der Waals surface area (Å²) in [6.45, 7) is 2.47. The van der Waals surface area contributed by atoms with Gasteiger partial charge in [0.1, 0.15) is 5.54 Å². The zero-order chi connectivity index (χ0) is 23.8. The number of nitrogens with one attached hydrogen (secondary N) is 1. The van der Waals surface area contributed by atoms with Gasteiger partial charge in [-0.3, -0.25) is 14.0 Å². The van der Waals surface area contributed by atoms with E-state index in [1.807, 2.05) is 24.3 Å². The summed E-state index contributed by atoms with van der Waals surface area (Å²) < 4.78 is 28.4. The Balaban J connectivity index is 1.65. The van der Waals surface area contributed by atoms with Gasteiger partial charge in [0.15, 0.2) is 0 Å². The highest BCUT2D eigenvalue weighted by molar-refractivity contribution is 7.92. The summed E-state index contributed by atoms with van der Waals surface area (Å²) >= 11 is 0. The van der Waals surface area contributed by atoms with E-state index in [2.05, 4.69) is 5.32 Å². The van der Waals surface area contributed by atoms with Gasteiger partial charge >= 0.3 is 6.03 Å². The molecule has 0 radical (unpaired) electrons. The Morgan fingerprint density at radius 3 is 2.24 bits per heavy atom. The zero-order valence-corrected chi connectivity index (χ0v) is 19.1. The molecule has 1 fully saturated rings. The van der Waals surface area contributed by atoms with Crippen LogP contribution >= 0.6 is 0 Å². The second kappa shape index (κ2) is 8.49. The Labute approximate surface area is 192 Å². The van der Waals surface area contributed by atoms with Crippen LogP contribution in [0, 0.1) is 0 Å². The molecule has 0 bridgehead atoms. The first-order chi connectivity index (χ1) is 15.6. The van der Waals surface area contributed by atoms with Crippen LogP contribution in [0.2, 0.25) is 0 Å². The van der Waals surface area contributed by atoms with Gasteiger partial charge in [-0.05, 0) is 48.9 Å². The zero-order valence-electron chi connectivity index (χ0n) is 18.3. The molecular weight excluding hydrogens is 442 g/mol. The van der Waals surface area contributed by atoms with Crippen molar-refractivity contribution >= 4 is 38.4 Å². The molecule has 1 aliphatic rings. The Morgan fingerprint density at radius 2 is 1.61 bits per heavy atom. The van der Waals surface area contributed by atoms with E-state index in [4.69, 9.17) is 0 Å². The molecule has 2 N–H and O–H groups in total. The first kappa shape index (κ1) is 22.8. The van der Waals surface area contributed by atoms with Crippen LogP contribution in [-0.4, -0.2) is 55.1 Å². The number of imide groups is 1.